The van der Waals surface area contributed by atoms with Crippen molar-refractivity contribution in [2.75, 3.05) is 0 Å². The number of allylic oxidation sites excluding steroid dienone is 2. The zero-order valence-electron chi connectivity index (χ0n) is 12.5. The molecule has 1 aliphatic carbocycles. The van der Waals surface area contributed by atoms with Crippen LogP contribution in [0.4, 0.5) is 0 Å². The van der Waals surface area contributed by atoms with E-state index in [1.54, 1.807) is 6.08 Å². The van der Waals surface area contributed by atoms with Crippen LogP contribution in [-0.4, -0.2) is 0 Å². The monoisotopic (exact) mass is 267 g/mol. The molecule has 1 aromatic rings. The molecule has 1 heteroatoms. The maximum Gasteiger partial charge on any atom is 0.0908 e. The van der Waals surface area contributed by atoms with Crippen molar-refractivity contribution in [1.82, 2.24) is 0 Å². The number of hydrogen-bond donors (Lipinski definition) is 0. The van der Waals surface area contributed by atoms with Crippen molar-refractivity contribution in [1.29, 1.82) is 5.26 Å². The minimum absolute atomic E-state index is 0.648. The van der Waals surface area contributed by atoms with Crippen LogP contribution < -0.4 is 0 Å². The zero-order valence-corrected chi connectivity index (χ0v) is 12.5. The van der Waals surface area contributed by atoms with Crippen molar-refractivity contribution in [2.24, 2.45) is 11.8 Å². The Bertz CT molecular complexity index is 456. The van der Waals surface area contributed by atoms with Crippen LogP contribution in [0.5, 0.6) is 0 Å². The smallest absolute Gasteiger partial charge is 0.0908 e. The molecule has 1 saturated carbocycles. The minimum Gasteiger partial charge on any atom is -0.193 e. The molecule has 0 heterocycles. The second-order valence-electron chi connectivity index (χ2n) is 5.98. The molecule has 0 bridgehead atoms. The maximum absolute atomic E-state index is 8.56. The fourth-order valence-electron chi connectivity index (χ4n) is 3.16. The first-order valence-electron chi connectivity index (χ1n) is 7.96. The lowest BCUT2D eigenvalue weighted by atomic mass is 9.79. The number of rotatable bonds is 5. The van der Waals surface area contributed by atoms with Crippen LogP contribution in [0.3, 0.4) is 0 Å². The van der Waals surface area contributed by atoms with Crippen LogP contribution in [0.2, 0.25) is 0 Å². The molecule has 0 saturated heterocycles. The van der Waals surface area contributed by atoms with E-state index in [9.17, 15) is 0 Å². The molecule has 106 valence electrons. The van der Waals surface area contributed by atoms with E-state index in [2.05, 4.69) is 43.3 Å². The molecule has 0 aliphatic heterocycles. The van der Waals surface area contributed by atoms with Gasteiger partial charge in [0.2, 0.25) is 0 Å². The first-order valence-corrected chi connectivity index (χ1v) is 7.96. The number of nitriles is 1. The summed E-state index contributed by atoms with van der Waals surface area (Å²) in [5, 5.41) is 8.56. The van der Waals surface area contributed by atoms with Gasteiger partial charge in [0.15, 0.2) is 0 Å². The second-order valence-corrected chi connectivity index (χ2v) is 5.98. The van der Waals surface area contributed by atoms with Gasteiger partial charge in [-0.05, 0) is 67.9 Å². The van der Waals surface area contributed by atoms with Gasteiger partial charge < -0.3 is 0 Å². The predicted molar refractivity (Wildman–Crippen MR) is 84.3 cm³/mol. The number of aryl methyl sites for hydroxylation is 2. The highest BCUT2D eigenvalue weighted by Gasteiger charge is 2.19. The van der Waals surface area contributed by atoms with Crippen molar-refractivity contribution in [3.05, 3.63) is 47.5 Å². The van der Waals surface area contributed by atoms with E-state index in [0.29, 0.717) is 5.92 Å². The Kier molecular flexibility index (Phi) is 5.87. The number of benzene rings is 1. The molecule has 0 unspecified atom stereocenters. The molecule has 2 rings (SSSR count). The van der Waals surface area contributed by atoms with E-state index in [-0.39, 0.29) is 0 Å². The van der Waals surface area contributed by atoms with Gasteiger partial charge >= 0.3 is 0 Å². The van der Waals surface area contributed by atoms with Crippen molar-refractivity contribution >= 4 is 0 Å². The van der Waals surface area contributed by atoms with Gasteiger partial charge in [-0.2, -0.15) is 5.26 Å². The summed E-state index contributed by atoms with van der Waals surface area (Å²) in [5.74, 6) is 1.53. The molecular formula is C19H25N. The van der Waals surface area contributed by atoms with E-state index >= 15 is 0 Å². The standard InChI is InChI=1S/C19H25N/c1-2-16-5-7-18(8-6-16)13-14-19-11-9-17(10-12-19)4-3-15-20/h3-8,17,19H,2,9-14H2,1H3/b4-3+. The highest BCUT2D eigenvalue weighted by molar-refractivity contribution is 5.22. The normalized spacial score (nSPS) is 22.8. The lowest BCUT2D eigenvalue weighted by Crippen LogP contribution is -2.13. The van der Waals surface area contributed by atoms with Gasteiger partial charge in [0.05, 0.1) is 6.07 Å². The molecular weight excluding hydrogens is 242 g/mol. The Hall–Kier alpha value is -1.55. The van der Waals surface area contributed by atoms with E-state index in [0.717, 1.165) is 12.3 Å². The molecule has 20 heavy (non-hydrogen) atoms. The predicted octanol–water partition coefficient (Wildman–Crippen LogP) is 5.07. The molecule has 1 nitrogen and oxygen atoms in total. The van der Waals surface area contributed by atoms with Crippen molar-refractivity contribution < 1.29 is 0 Å². The molecule has 0 radical (unpaired) electrons. The van der Waals surface area contributed by atoms with Crippen LogP contribution in [0.1, 0.15) is 50.2 Å². The first kappa shape index (κ1) is 14.9. The third kappa shape index (κ3) is 4.53. The van der Waals surface area contributed by atoms with Crippen LogP contribution in [0.15, 0.2) is 36.4 Å². The Morgan fingerprint density at radius 3 is 2.35 bits per heavy atom. The van der Waals surface area contributed by atoms with Crippen molar-refractivity contribution in [3.8, 4) is 6.07 Å². The van der Waals surface area contributed by atoms with E-state index < -0.39 is 0 Å². The van der Waals surface area contributed by atoms with Crippen LogP contribution in [0.25, 0.3) is 0 Å². The SMILES string of the molecule is CCc1ccc(CCC2CCC(/C=C/C#N)CC2)cc1. The maximum atomic E-state index is 8.56. The Labute approximate surface area is 123 Å². The fourth-order valence-corrected chi connectivity index (χ4v) is 3.16. The lowest BCUT2D eigenvalue weighted by Gasteiger charge is -2.26. The zero-order chi connectivity index (χ0) is 14.2. The summed E-state index contributed by atoms with van der Waals surface area (Å²) in [7, 11) is 0. The number of nitrogens with zero attached hydrogens (tertiary/aromatic N) is 1. The van der Waals surface area contributed by atoms with Crippen molar-refractivity contribution in [3.63, 3.8) is 0 Å². The topological polar surface area (TPSA) is 23.8 Å². The molecule has 0 aromatic heterocycles. The molecule has 1 aliphatic rings. The Morgan fingerprint density at radius 1 is 1.10 bits per heavy atom. The molecule has 1 fully saturated rings. The van der Waals surface area contributed by atoms with Gasteiger partial charge in [-0.3, -0.25) is 0 Å². The fraction of sp³-hybridized carbons (Fsp3) is 0.526. The molecule has 0 spiro atoms. The second kappa shape index (κ2) is 7.90. The highest BCUT2D eigenvalue weighted by Crippen LogP contribution is 2.32. The third-order valence-electron chi connectivity index (χ3n) is 4.61. The lowest BCUT2D eigenvalue weighted by molar-refractivity contribution is 0.296. The van der Waals surface area contributed by atoms with Gasteiger partial charge in [-0.1, -0.05) is 37.3 Å². The van der Waals surface area contributed by atoms with E-state index in [4.69, 9.17) is 5.26 Å². The molecule has 1 aromatic carbocycles. The minimum atomic E-state index is 0.648. The van der Waals surface area contributed by atoms with Gasteiger partial charge in [0.25, 0.3) is 0 Å². The summed E-state index contributed by atoms with van der Waals surface area (Å²) >= 11 is 0. The number of hydrogen-bond acceptors (Lipinski definition) is 1. The van der Waals surface area contributed by atoms with Crippen molar-refractivity contribution in [2.45, 2.75) is 51.9 Å². The summed E-state index contributed by atoms with van der Waals surface area (Å²) in [6, 6.07) is 11.2. The van der Waals surface area contributed by atoms with Gasteiger partial charge in [-0.25, -0.2) is 0 Å². The van der Waals surface area contributed by atoms with Gasteiger partial charge in [-0.15, -0.1) is 0 Å². The Morgan fingerprint density at radius 2 is 1.75 bits per heavy atom. The van der Waals surface area contributed by atoms with Crippen LogP contribution in [-0.2, 0) is 12.8 Å². The summed E-state index contributed by atoms with van der Waals surface area (Å²) in [5.41, 5.74) is 2.91. The van der Waals surface area contributed by atoms with Crippen LogP contribution in [0, 0.1) is 23.2 Å². The quantitative estimate of drug-likeness (QED) is 0.683. The van der Waals surface area contributed by atoms with Gasteiger partial charge in [0, 0.05) is 6.08 Å². The van der Waals surface area contributed by atoms with Gasteiger partial charge in [0.1, 0.15) is 0 Å². The van der Waals surface area contributed by atoms with Crippen LogP contribution >= 0.6 is 0 Å². The molecule has 0 N–H and O–H groups in total. The van der Waals surface area contributed by atoms with E-state index in [1.807, 2.05) is 0 Å². The molecule has 0 amide bonds. The average molecular weight is 267 g/mol. The summed E-state index contributed by atoms with van der Waals surface area (Å²) < 4.78 is 0. The summed E-state index contributed by atoms with van der Waals surface area (Å²) in [6.07, 6.45) is 12.6. The van der Waals surface area contributed by atoms with E-state index in [1.165, 1.54) is 49.7 Å². The summed E-state index contributed by atoms with van der Waals surface area (Å²) in [4.78, 5) is 0. The largest absolute Gasteiger partial charge is 0.193 e. The molecule has 0 atom stereocenters. The average Bonchev–Trinajstić information content (AvgIpc) is 2.52. The first-order chi connectivity index (χ1) is 9.81. The third-order valence-corrected chi connectivity index (χ3v) is 4.61. The summed E-state index contributed by atoms with van der Waals surface area (Å²) in [6.45, 7) is 2.20. The Balaban J connectivity index is 1.73. The highest BCUT2D eigenvalue weighted by atomic mass is 14.3.